The van der Waals surface area contributed by atoms with Gasteiger partial charge in [0.15, 0.2) is 10.8 Å². The van der Waals surface area contributed by atoms with Crippen molar-refractivity contribution in [1.29, 1.82) is 0 Å². The smallest absolute Gasteiger partial charge is 0.210 e. The summed E-state index contributed by atoms with van der Waals surface area (Å²) < 4.78 is 15.0. The zero-order chi connectivity index (χ0) is 18.8. The first-order valence-corrected chi connectivity index (χ1v) is 9.32. The van der Waals surface area contributed by atoms with Gasteiger partial charge in [0, 0.05) is 23.2 Å². The molecule has 0 fully saturated rings. The number of thiophene rings is 1. The Kier molecular flexibility index (Phi) is 4.83. The molecule has 3 heterocycles. The zero-order valence-electron chi connectivity index (χ0n) is 15.1. The van der Waals surface area contributed by atoms with E-state index in [1.54, 1.807) is 18.6 Å². The van der Waals surface area contributed by atoms with Crippen molar-refractivity contribution < 1.29 is 4.39 Å². The minimum atomic E-state index is -0.192. The van der Waals surface area contributed by atoms with Crippen molar-refractivity contribution >= 4 is 22.9 Å². The second kappa shape index (κ2) is 7.42. The molecule has 0 bridgehead atoms. The lowest BCUT2D eigenvalue weighted by Gasteiger charge is -2.11. The first-order valence-electron chi connectivity index (χ1n) is 8.51. The summed E-state index contributed by atoms with van der Waals surface area (Å²) in [5.74, 6) is 0.622. The lowest BCUT2D eigenvalue weighted by Crippen LogP contribution is -2.10. The topological polar surface area (TPSA) is 58.4 Å². The number of nitrogens with one attached hydrogen (secondary N) is 1. The SMILES string of the molecule is CN(C)Cc1ccc(-c2cnc(NCc3ccc(F)s3)n3cnnc23)cc1. The van der Waals surface area contributed by atoms with Crippen LogP contribution >= 0.6 is 11.3 Å². The second-order valence-corrected chi connectivity index (χ2v) is 7.63. The first kappa shape index (κ1) is 17.6. The fourth-order valence-corrected chi connectivity index (χ4v) is 3.59. The predicted octanol–water partition coefficient (Wildman–Crippen LogP) is 3.67. The molecule has 0 spiro atoms. The van der Waals surface area contributed by atoms with Crippen molar-refractivity contribution in [2.45, 2.75) is 13.1 Å². The van der Waals surface area contributed by atoms with Gasteiger partial charge >= 0.3 is 0 Å². The van der Waals surface area contributed by atoms with Crippen LogP contribution in [-0.2, 0) is 13.1 Å². The van der Waals surface area contributed by atoms with Crippen LogP contribution in [0.1, 0.15) is 10.4 Å². The molecule has 0 aliphatic rings. The van der Waals surface area contributed by atoms with Crippen LogP contribution in [0.2, 0.25) is 0 Å². The number of nitrogens with zero attached hydrogens (tertiary/aromatic N) is 5. The molecule has 0 atom stereocenters. The summed E-state index contributed by atoms with van der Waals surface area (Å²) >= 11 is 1.12. The molecular weight excluding hydrogens is 363 g/mol. The number of hydrogen-bond acceptors (Lipinski definition) is 6. The van der Waals surface area contributed by atoms with Crippen molar-refractivity contribution in [3.63, 3.8) is 0 Å². The average Bonchev–Trinajstić information content (AvgIpc) is 3.29. The van der Waals surface area contributed by atoms with Crippen LogP contribution in [-0.4, -0.2) is 38.6 Å². The van der Waals surface area contributed by atoms with E-state index in [9.17, 15) is 4.39 Å². The number of rotatable bonds is 6. The van der Waals surface area contributed by atoms with Gasteiger partial charge in [-0.2, -0.15) is 4.39 Å². The molecule has 8 heteroatoms. The Balaban J connectivity index is 1.61. The van der Waals surface area contributed by atoms with Gasteiger partial charge in [-0.1, -0.05) is 24.3 Å². The summed E-state index contributed by atoms with van der Waals surface area (Å²) in [5, 5.41) is 11.3. The fraction of sp³-hybridized carbons (Fsp3) is 0.211. The van der Waals surface area contributed by atoms with E-state index >= 15 is 0 Å². The highest BCUT2D eigenvalue weighted by Crippen LogP contribution is 2.25. The molecule has 138 valence electrons. The van der Waals surface area contributed by atoms with Gasteiger partial charge in [0.25, 0.3) is 0 Å². The van der Waals surface area contributed by atoms with Crippen LogP contribution in [0.3, 0.4) is 0 Å². The lowest BCUT2D eigenvalue weighted by atomic mass is 10.1. The van der Waals surface area contributed by atoms with Crippen LogP contribution in [0, 0.1) is 5.13 Å². The van der Waals surface area contributed by atoms with Gasteiger partial charge in [-0.15, -0.1) is 21.5 Å². The van der Waals surface area contributed by atoms with Crippen molar-refractivity contribution in [1.82, 2.24) is 24.5 Å². The number of halogens is 1. The molecular formula is C19H19FN6S. The standard InChI is InChI=1S/C19H19FN6S/c1-25(2)11-13-3-5-14(6-4-13)16-10-22-19(26-12-23-24-18(16)26)21-9-15-7-8-17(20)27-15/h3-8,10,12H,9,11H2,1-2H3,(H,21,22). The van der Waals surface area contributed by atoms with Crippen molar-refractivity contribution in [3.05, 3.63) is 64.5 Å². The van der Waals surface area contributed by atoms with Crippen molar-refractivity contribution in [2.75, 3.05) is 19.4 Å². The van der Waals surface area contributed by atoms with E-state index in [-0.39, 0.29) is 5.13 Å². The third kappa shape index (κ3) is 3.81. The van der Waals surface area contributed by atoms with Crippen LogP contribution in [0.5, 0.6) is 0 Å². The van der Waals surface area contributed by atoms with E-state index in [0.717, 1.165) is 39.5 Å². The maximum Gasteiger partial charge on any atom is 0.210 e. The minimum Gasteiger partial charge on any atom is -0.350 e. The Labute approximate surface area is 160 Å². The average molecular weight is 382 g/mol. The van der Waals surface area contributed by atoms with Crippen molar-refractivity contribution in [2.24, 2.45) is 0 Å². The highest BCUT2D eigenvalue weighted by atomic mass is 32.1. The van der Waals surface area contributed by atoms with Gasteiger partial charge in [0.2, 0.25) is 5.95 Å². The number of aromatic nitrogens is 4. The third-order valence-corrected chi connectivity index (χ3v) is 5.02. The second-order valence-electron chi connectivity index (χ2n) is 6.51. The normalized spacial score (nSPS) is 11.4. The van der Waals surface area contributed by atoms with E-state index in [4.69, 9.17) is 0 Å². The highest BCUT2D eigenvalue weighted by molar-refractivity contribution is 7.10. The Bertz CT molecular complexity index is 1050. The number of anilines is 1. The van der Waals surface area contributed by atoms with Crippen LogP contribution < -0.4 is 5.32 Å². The monoisotopic (exact) mass is 382 g/mol. The van der Waals surface area contributed by atoms with Gasteiger partial charge in [-0.25, -0.2) is 4.98 Å². The maximum atomic E-state index is 13.1. The molecule has 0 unspecified atom stereocenters. The molecule has 1 aromatic carbocycles. The number of hydrogen-bond donors (Lipinski definition) is 1. The van der Waals surface area contributed by atoms with E-state index in [0.29, 0.717) is 12.5 Å². The molecule has 0 aliphatic heterocycles. The Morgan fingerprint density at radius 2 is 1.96 bits per heavy atom. The van der Waals surface area contributed by atoms with Gasteiger partial charge in [0.05, 0.1) is 6.54 Å². The Morgan fingerprint density at radius 1 is 1.15 bits per heavy atom. The van der Waals surface area contributed by atoms with Crippen molar-refractivity contribution in [3.8, 4) is 11.1 Å². The lowest BCUT2D eigenvalue weighted by molar-refractivity contribution is 0.402. The van der Waals surface area contributed by atoms with Gasteiger partial charge in [0.1, 0.15) is 6.33 Å². The molecule has 0 saturated carbocycles. The summed E-state index contributed by atoms with van der Waals surface area (Å²) in [7, 11) is 4.10. The molecule has 6 nitrogen and oxygen atoms in total. The largest absolute Gasteiger partial charge is 0.350 e. The number of fused-ring (bicyclic) bond motifs is 1. The van der Waals surface area contributed by atoms with E-state index in [1.807, 2.05) is 18.5 Å². The van der Waals surface area contributed by atoms with Gasteiger partial charge in [-0.05, 0) is 37.4 Å². The Morgan fingerprint density at radius 3 is 2.67 bits per heavy atom. The molecule has 0 saturated heterocycles. The molecule has 3 aromatic heterocycles. The molecule has 27 heavy (non-hydrogen) atoms. The van der Waals surface area contributed by atoms with Crippen LogP contribution in [0.15, 0.2) is 48.9 Å². The predicted molar refractivity (Wildman–Crippen MR) is 105 cm³/mol. The summed E-state index contributed by atoms with van der Waals surface area (Å²) in [6.07, 6.45) is 3.42. The molecule has 0 amide bonds. The van der Waals surface area contributed by atoms with E-state index in [1.165, 1.54) is 11.6 Å². The van der Waals surface area contributed by atoms with E-state index in [2.05, 4.69) is 49.7 Å². The van der Waals surface area contributed by atoms with E-state index < -0.39 is 0 Å². The minimum absolute atomic E-state index is 0.192. The molecule has 0 radical (unpaired) electrons. The number of benzene rings is 1. The fourth-order valence-electron chi connectivity index (χ4n) is 2.92. The summed E-state index contributed by atoms with van der Waals surface area (Å²) in [5.41, 5.74) is 3.92. The summed E-state index contributed by atoms with van der Waals surface area (Å²) in [6, 6.07) is 11.6. The molecule has 4 aromatic rings. The maximum absolute atomic E-state index is 13.1. The molecule has 4 rings (SSSR count). The zero-order valence-corrected chi connectivity index (χ0v) is 15.9. The quantitative estimate of drug-likeness (QED) is 0.551. The summed E-state index contributed by atoms with van der Waals surface area (Å²) in [6.45, 7) is 1.39. The van der Waals surface area contributed by atoms with Crippen LogP contribution in [0.4, 0.5) is 10.3 Å². The highest BCUT2D eigenvalue weighted by Gasteiger charge is 2.11. The summed E-state index contributed by atoms with van der Waals surface area (Å²) in [4.78, 5) is 7.55. The van der Waals surface area contributed by atoms with Crippen LogP contribution in [0.25, 0.3) is 16.8 Å². The van der Waals surface area contributed by atoms with Gasteiger partial charge in [-0.3, -0.25) is 4.40 Å². The first-order chi connectivity index (χ1) is 13.1. The third-order valence-electron chi connectivity index (χ3n) is 4.15. The molecule has 0 aliphatic carbocycles. The Hall–Kier alpha value is -2.84. The van der Waals surface area contributed by atoms with Gasteiger partial charge < -0.3 is 10.2 Å². The molecule has 1 N–H and O–H groups in total.